The zero-order valence-corrected chi connectivity index (χ0v) is 11.1. The molecule has 0 aliphatic carbocycles. The molecule has 0 spiro atoms. The third-order valence-corrected chi connectivity index (χ3v) is 4.15. The van der Waals surface area contributed by atoms with Crippen molar-refractivity contribution >= 4 is 23.1 Å². The molecule has 0 saturated heterocycles. The van der Waals surface area contributed by atoms with E-state index in [0.29, 0.717) is 0 Å². The summed E-state index contributed by atoms with van der Waals surface area (Å²) >= 11 is 2.98. The van der Waals surface area contributed by atoms with Crippen LogP contribution in [0.5, 0.6) is 0 Å². The number of aryl methyl sites for hydroxylation is 1. The van der Waals surface area contributed by atoms with Gasteiger partial charge >= 0.3 is 0 Å². The van der Waals surface area contributed by atoms with Crippen molar-refractivity contribution in [2.24, 2.45) is 5.73 Å². The molecule has 2 rings (SSSR count). The van der Waals surface area contributed by atoms with Crippen LogP contribution in [0.3, 0.4) is 0 Å². The van der Waals surface area contributed by atoms with Crippen molar-refractivity contribution in [1.29, 1.82) is 0 Å². The number of halogens is 1. The number of nitrogens with zero attached hydrogens (tertiary/aromatic N) is 2. The highest BCUT2D eigenvalue weighted by molar-refractivity contribution is 8.01. The molecular weight excluding hydrogens is 257 g/mol. The second-order valence-corrected chi connectivity index (χ2v) is 6.13. The van der Waals surface area contributed by atoms with Gasteiger partial charge in [0.05, 0.1) is 0 Å². The summed E-state index contributed by atoms with van der Waals surface area (Å²) < 4.78 is 14.0. The molecule has 17 heavy (non-hydrogen) atoms. The van der Waals surface area contributed by atoms with E-state index >= 15 is 0 Å². The highest BCUT2D eigenvalue weighted by atomic mass is 32.2. The lowest BCUT2D eigenvalue weighted by Gasteiger charge is -2.10. The van der Waals surface area contributed by atoms with Gasteiger partial charge in [0.15, 0.2) is 4.34 Å². The van der Waals surface area contributed by atoms with Crippen LogP contribution >= 0.6 is 23.1 Å². The first-order chi connectivity index (χ1) is 8.06. The molecule has 0 radical (unpaired) electrons. The third kappa shape index (κ3) is 3.02. The van der Waals surface area contributed by atoms with E-state index < -0.39 is 0 Å². The van der Waals surface area contributed by atoms with Crippen molar-refractivity contribution in [2.75, 3.05) is 0 Å². The largest absolute Gasteiger partial charge is 0.324 e. The van der Waals surface area contributed by atoms with Crippen LogP contribution in [0.25, 0.3) is 0 Å². The highest BCUT2D eigenvalue weighted by Gasteiger charge is 2.11. The summed E-state index contributed by atoms with van der Waals surface area (Å²) in [5.74, 6) is -0.268. The summed E-state index contributed by atoms with van der Waals surface area (Å²) in [5, 5.41) is 8.89. The second kappa shape index (κ2) is 5.12. The minimum atomic E-state index is -0.268. The average Bonchev–Trinajstić information content (AvgIpc) is 2.66. The second-order valence-electron chi connectivity index (χ2n) is 3.66. The minimum Gasteiger partial charge on any atom is -0.324 e. The van der Waals surface area contributed by atoms with Crippen molar-refractivity contribution in [3.8, 4) is 0 Å². The summed E-state index contributed by atoms with van der Waals surface area (Å²) in [6.45, 7) is 3.74. The molecule has 1 atom stereocenters. The molecule has 3 nitrogen and oxygen atoms in total. The van der Waals surface area contributed by atoms with Crippen LogP contribution in [0.2, 0.25) is 0 Å². The summed E-state index contributed by atoms with van der Waals surface area (Å²) in [7, 11) is 0. The smallest absolute Gasteiger partial charge is 0.179 e. The zero-order chi connectivity index (χ0) is 12.4. The fourth-order valence-corrected chi connectivity index (χ4v) is 3.36. The monoisotopic (exact) mass is 269 g/mol. The van der Waals surface area contributed by atoms with E-state index in [0.717, 1.165) is 19.8 Å². The van der Waals surface area contributed by atoms with E-state index in [4.69, 9.17) is 5.73 Å². The first-order valence-corrected chi connectivity index (χ1v) is 6.72. The van der Waals surface area contributed by atoms with E-state index in [-0.39, 0.29) is 11.9 Å². The van der Waals surface area contributed by atoms with Crippen LogP contribution in [-0.4, -0.2) is 10.2 Å². The Balaban J connectivity index is 2.32. The molecule has 0 saturated carbocycles. The molecule has 0 bridgehead atoms. The van der Waals surface area contributed by atoms with Crippen LogP contribution in [0.15, 0.2) is 27.4 Å². The molecule has 1 aromatic heterocycles. The van der Waals surface area contributed by atoms with Gasteiger partial charge in [0.1, 0.15) is 10.8 Å². The van der Waals surface area contributed by atoms with Gasteiger partial charge in [-0.2, -0.15) is 0 Å². The van der Waals surface area contributed by atoms with E-state index in [1.165, 1.54) is 35.2 Å². The van der Waals surface area contributed by atoms with Gasteiger partial charge in [-0.3, -0.25) is 0 Å². The molecule has 6 heteroatoms. The number of hydrogen-bond donors (Lipinski definition) is 1. The Kier molecular flexibility index (Phi) is 3.76. The summed E-state index contributed by atoms with van der Waals surface area (Å²) in [6, 6.07) is 4.43. The molecule has 0 aliphatic heterocycles. The predicted octanol–water partition coefficient (Wildman–Crippen LogP) is 3.16. The molecule has 90 valence electrons. The maximum Gasteiger partial charge on any atom is 0.179 e. The van der Waals surface area contributed by atoms with E-state index in [1.807, 2.05) is 13.8 Å². The number of hydrogen-bond acceptors (Lipinski definition) is 5. The molecular formula is C11H12FN3S2. The lowest BCUT2D eigenvalue weighted by molar-refractivity contribution is 0.619. The van der Waals surface area contributed by atoms with Crippen molar-refractivity contribution in [3.63, 3.8) is 0 Å². The average molecular weight is 269 g/mol. The summed E-state index contributed by atoms with van der Waals surface area (Å²) in [5.41, 5.74) is 6.62. The van der Waals surface area contributed by atoms with Gasteiger partial charge < -0.3 is 5.73 Å². The van der Waals surface area contributed by atoms with Gasteiger partial charge in [0.2, 0.25) is 0 Å². The van der Waals surface area contributed by atoms with Crippen LogP contribution in [0.4, 0.5) is 4.39 Å². The van der Waals surface area contributed by atoms with Crippen LogP contribution in [-0.2, 0) is 0 Å². The van der Waals surface area contributed by atoms with E-state index in [1.54, 1.807) is 6.07 Å². The fraction of sp³-hybridized carbons (Fsp3) is 0.273. The maximum absolute atomic E-state index is 13.2. The van der Waals surface area contributed by atoms with Crippen molar-refractivity contribution in [3.05, 3.63) is 34.6 Å². The lowest BCUT2D eigenvalue weighted by Crippen LogP contribution is -2.06. The fourth-order valence-electron chi connectivity index (χ4n) is 1.38. The van der Waals surface area contributed by atoms with Gasteiger partial charge in [0.25, 0.3) is 0 Å². The van der Waals surface area contributed by atoms with E-state index in [9.17, 15) is 4.39 Å². The summed E-state index contributed by atoms with van der Waals surface area (Å²) in [6.07, 6.45) is 0. The third-order valence-electron chi connectivity index (χ3n) is 2.17. The van der Waals surface area contributed by atoms with E-state index in [2.05, 4.69) is 10.2 Å². The Hall–Kier alpha value is -0.980. The topological polar surface area (TPSA) is 51.8 Å². The van der Waals surface area contributed by atoms with Crippen LogP contribution < -0.4 is 5.73 Å². The Morgan fingerprint density at radius 3 is 2.76 bits per heavy atom. The van der Waals surface area contributed by atoms with Crippen molar-refractivity contribution in [2.45, 2.75) is 29.1 Å². The van der Waals surface area contributed by atoms with Crippen molar-refractivity contribution < 1.29 is 4.39 Å². The first-order valence-electron chi connectivity index (χ1n) is 5.09. The number of aromatic nitrogens is 2. The number of rotatable bonds is 3. The molecule has 1 heterocycles. The summed E-state index contributed by atoms with van der Waals surface area (Å²) in [4.78, 5) is 0.928. The lowest BCUT2D eigenvalue weighted by atomic mass is 10.1. The minimum absolute atomic E-state index is 0.206. The van der Waals surface area contributed by atoms with Crippen LogP contribution in [0, 0.1) is 12.7 Å². The molecule has 1 aromatic carbocycles. The molecule has 0 amide bonds. The molecule has 0 fully saturated rings. The van der Waals surface area contributed by atoms with Gasteiger partial charge in [-0.1, -0.05) is 23.1 Å². The molecule has 2 aromatic rings. The standard InChI is InChI=1S/C11H12FN3S2/c1-6(13)9-5-8(12)3-4-10(9)17-11-15-14-7(2)16-11/h3-6H,13H2,1-2H3. The zero-order valence-electron chi connectivity index (χ0n) is 9.48. The quantitative estimate of drug-likeness (QED) is 0.930. The van der Waals surface area contributed by atoms with Gasteiger partial charge in [-0.25, -0.2) is 4.39 Å². The Bertz CT molecular complexity index is 525. The maximum atomic E-state index is 13.2. The molecule has 1 unspecified atom stereocenters. The Morgan fingerprint density at radius 2 is 2.18 bits per heavy atom. The predicted molar refractivity (Wildman–Crippen MR) is 67.8 cm³/mol. The van der Waals surface area contributed by atoms with Crippen molar-refractivity contribution in [1.82, 2.24) is 10.2 Å². The normalized spacial score (nSPS) is 12.7. The number of nitrogens with two attached hydrogens (primary N) is 1. The molecule has 0 aliphatic rings. The molecule has 2 N–H and O–H groups in total. The van der Waals surface area contributed by atoms with Gasteiger partial charge in [-0.05, 0) is 37.6 Å². The van der Waals surface area contributed by atoms with Gasteiger partial charge in [0, 0.05) is 10.9 Å². The SMILES string of the molecule is Cc1nnc(Sc2ccc(F)cc2C(C)N)s1. The Morgan fingerprint density at radius 1 is 1.41 bits per heavy atom. The highest BCUT2D eigenvalue weighted by Crippen LogP contribution is 2.34. The van der Waals surface area contributed by atoms with Crippen LogP contribution in [0.1, 0.15) is 23.5 Å². The Labute approximate surface area is 107 Å². The van der Waals surface area contributed by atoms with Gasteiger partial charge in [-0.15, -0.1) is 10.2 Å². The first kappa shape index (κ1) is 12.5. The number of benzene rings is 1.